The second-order valence-corrected chi connectivity index (χ2v) is 8.92. The minimum Gasteiger partial charge on any atom is -0.494 e. The molecule has 1 fully saturated rings. The maximum atomic E-state index is 12.8. The summed E-state index contributed by atoms with van der Waals surface area (Å²) in [5, 5.41) is 1.44. The highest BCUT2D eigenvalue weighted by Crippen LogP contribution is 2.38. The van der Waals surface area contributed by atoms with Gasteiger partial charge in [0, 0.05) is 26.2 Å². The lowest BCUT2D eigenvalue weighted by Gasteiger charge is -2.35. The van der Waals surface area contributed by atoms with E-state index in [1.807, 2.05) is 0 Å². The van der Waals surface area contributed by atoms with Crippen molar-refractivity contribution < 1.29 is 19.1 Å². The number of imide groups is 1. The van der Waals surface area contributed by atoms with Crippen LogP contribution >= 0.6 is 22.9 Å². The fraction of sp³-hybridized carbons (Fsp3) is 0.273. The van der Waals surface area contributed by atoms with Crippen LogP contribution < -0.4 is 9.64 Å². The van der Waals surface area contributed by atoms with Gasteiger partial charge in [0.05, 0.1) is 28.0 Å². The van der Waals surface area contributed by atoms with Gasteiger partial charge in [-0.15, -0.1) is 0 Å². The number of ether oxygens (including phenoxy) is 1. The molecule has 0 spiro atoms. The standard InChI is InChI=1S/C22H19ClN4O4S/c1-31-16-7-6-15(23)19-18(16)24-22(32-19)26-10-8-25(9-11-26)17(28)12-27-20(29)13-4-2-3-5-14(13)21(27)30/h2-7H,8-12H2,1H3. The predicted octanol–water partition coefficient (Wildman–Crippen LogP) is 2.90. The molecule has 3 aromatic rings. The molecule has 10 heteroatoms. The van der Waals surface area contributed by atoms with Gasteiger partial charge in [-0.3, -0.25) is 19.3 Å². The number of nitrogens with zero attached hydrogens (tertiary/aromatic N) is 4. The average molecular weight is 471 g/mol. The zero-order chi connectivity index (χ0) is 22.4. The number of carbonyl (C=O) groups excluding carboxylic acids is 3. The van der Waals surface area contributed by atoms with E-state index in [0.717, 1.165) is 20.2 Å². The topological polar surface area (TPSA) is 83.0 Å². The van der Waals surface area contributed by atoms with E-state index < -0.39 is 11.8 Å². The van der Waals surface area contributed by atoms with Crippen molar-refractivity contribution in [2.45, 2.75) is 0 Å². The Labute approximate surface area is 192 Å². The van der Waals surface area contributed by atoms with Crippen LogP contribution in [0.5, 0.6) is 5.75 Å². The molecule has 164 valence electrons. The Morgan fingerprint density at radius 2 is 1.72 bits per heavy atom. The van der Waals surface area contributed by atoms with Crippen molar-refractivity contribution >= 4 is 56.0 Å². The molecular weight excluding hydrogens is 452 g/mol. The number of carbonyl (C=O) groups is 3. The number of hydrogen-bond acceptors (Lipinski definition) is 7. The maximum absolute atomic E-state index is 12.8. The Balaban J connectivity index is 1.25. The van der Waals surface area contributed by atoms with Gasteiger partial charge in [0.15, 0.2) is 5.13 Å². The number of hydrogen-bond donors (Lipinski definition) is 0. The summed E-state index contributed by atoms with van der Waals surface area (Å²) in [7, 11) is 1.60. The minimum atomic E-state index is -0.419. The molecular formula is C22H19ClN4O4S. The monoisotopic (exact) mass is 470 g/mol. The third kappa shape index (κ3) is 3.37. The van der Waals surface area contributed by atoms with Crippen molar-refractivity contribution in [1.29, 1.82) is 0 Å². The summed E-state index contributed by atoms with van der Waals surface area (Å²) in [5.74, 6) is -0.411. The lowest BCUT2D eigenvalue weighted by molar-refractivity contribution is -0.131. The highest BCUT2D eigenvalue weighted by atomic mass is 35.5. The van der Waals surface area contributed by atoms with Crippen molar-refractivity contribution in [2.24, 2.45) is 0 Å². The highest BCUT2D eigenvalue weighted by molar-refractivity contribution is 7.22. The number of anilines is 1. The van der Waals surface area contributed by atoms with E-state index in [9.17, 15) is 14.4 Å². The second kappa shape index (κ2) is 8.07. The van der Waals surface area contributed by atoms with Crippen LogP contribution in [0.15, 0.2) is 36.4 Å². The summed E-state index contributed by atoms with van der Waals surface area (Å²) in [6.07, 6.45) is 0. The number of halogens is 1. The second-order valence-electron chi connectivity index (χ2n) is 7.53. The fourth-order valence-corrected chi connectivity index (χ4v) is 5.31. The molecule has 1 saturated heterocycles. The summed E-state index contributed by atoms with van der Waals surface area (Å²) < 4.78 is 6.26. The molecule has 2 aliphatic heterocycles. The number of aromatic nitrogens is 1. The molecule has 0 N–H and O–H groups in total. The maximum Gasteiger partial charge on any atom is 0.262 e. The Kier molecular flexibility index (Phi) is 5.22. The van der Waals surface area contributed by atoms with Gasteiger partial charge in [-0.05, 0) is 24.3 Å². The van der Waals surface area contributed by atoms with Crippen LogP contribution in [0, 0.1) is 0 Å². The number of methoxy groups -OCH3 is 1. The number of piperazine rings is 1. The molecule has 3 heterocycles. The Bertz CT molecular complexity index is 1220. The van der Waals surface area contributed by atoms with Crippen LogP contribution in [-0.4, -0.2) is 72.3 Å². The van der Waals surface area contributed by atoms with Gasteiger partial charge in [0.25, 0.3) is 11.8 Å². The summed E-state index contributed by atoms with van der Waals surface area (Å²) in [4.78, 5) is 47.4. The van der Waals surface area contributed by atoms with E-state index in [0.29, 0.717) is 48.1 Å². The molecule has 1 aromatic heterocycles. The summed E-state index contributed by atoms with van der Waals surface area (Å²) in [5.41, 5.74) is 1.42. The minimum absolute atomic E-state index is 0.242. The van der Waals surface area contributed by atoms with E-state index >= 15 is 0 Å². The Morgan fingerprint density at radius 1 is 1.06 bits per heavy atom. The molecule has 0 unspecified atom stereocenters. The van der Waals surface area contributed by atoms with Crippen LogP contribution in [0.25, 0.3) is 10.2 Å². The number of rotatable bonds is 4. The molecule has 2 aromatic carbocycles. The van der Waals surface area contributed by atoms with Crippen LogP contribution in [0.2, 0.25) is 5.02 Å². The first-order valence-electron chi connectivity index (χ1n) is 10.1. The van der Waals surface area contributed by atoms with Gasteiger partial charge in [0.2, 0.25) is 5.91 Å². The third-order valence-corrected chi connectivity index (χ3v) is 7.32. The van der Waals surface area contributed by atoms with Gasteiger partial charge in [-0.25, -0.2) is 4.98 Å². The van der Waals surface area contributed by atoms with Crippen molar-refractivity contribution in [1.82, 2.24) is 14.8 Å². The van der Waals surface area contributed by atoms with E-state index in [4.69, 9.17) is 21.3 Å². The third-order valence-electron chi connectivity index (χ3n) is 5.74. The van der Waals surface area contributed by atoms with E-state index in [1.54, 1.807) is 48.4 Å². The van der Waals surface area contributed by atoms with Crippen LogP contribution in [0.3, 0.4) is 0 Å². The van der Waals surface area contributed by atoms with Gasteiger partial charge in [-0.1, -0.05) is 35.1 Å². The van der Waals surface area contributed by atoms with Crippen LogP contribution in [-0.2, 0) is 4.79 Å². The quantitative estimate of drug-likeness (QED) is 0.545. The van der Waals surface area contributed by atoms with Gasteiger partial charge in [0.1, 0.15) is 17.8 Å². The molecule has 0 radical (unpaired) electrons. The van der Waals surface area contributed by atoms with Crippen LogP contribution in [0.4, 0.5) is 5.13 Å². The molecule has 0 saturated carbocycles. The van der Waals surface area contributed by atoms with Gasteiger partial charge < -0.3 is 14.5 Å². The van der Waals surface area contributed by atoms with E-state index in [2.05, 4.69) is 4.90 Å². The molecule has 3 amide bonds. The number of thiazole rings is 1. The summed E-state index contributed by atoms with van der Waals surface area (Å²) >= 11 is 7.82. The van der Waals surface area contributed by atoms with Crippen molar-refractivity contribution in [3.05, 3.63) is 52.5 Å². The SMILES string of the molecule is COc1ccc(Cl)c2sc(N3CCN(C(=O)CN4C(=O)c5ccccc5C4=O)CC3)nc12. The summed E-state index contributed by atoms with van der Waals surface area (Å²) in [6, 6.07) is 10.2. The smallest absolute Gasteiger partial charge is 0.262 e. The molecule has 2 aliphatic rings. The van der Waals surface area contributed by atoms with Crippen molar-refractivity contribution in [3.8, 4) is 5.75 Å². The normalized spacial score (nSPS) is 16.1. The van der Waals surface area contributed by atoms with Gasteiger partial charge in [-0.2, -0.15) is 0 Å². The lowest BCUT2D eigenvalue weighted by atomic mass is 10.1. The summed E-state index contributed by atoms with van der Waals surface area (Å²) in [6.45, 7) is 1.88. The number of amides is 3. The first-order chi connectivity index (χ1) is 15.5. The van der Waals surface area contributed by atoms with Crippen molar-refractivity contribution in [3.63, 3.8) is 0 Å². The number of benzene rings is 2. The Morgan fingerprint density at radius 3 is 2.34 bits per heavy atom. The molecule has 0 atom stereocenters. The van der Waals surface area contributed by atoms with Crippen LogP contribution in [0.1, 0.15) is 20.7 Å². The zero-order valence-electron chi connectivity index (χ0n) is 17.2. The Hall–Kier alpha value is -3.17. The number of fused-ring (bicyclic) bond motifs is 2. The molecule has 8 nitrogen and oxygen atoms in total. The molecule has 5 rings (SSSR count). The predicted molar refractivity (Wildman–Crippen MR) is 122 cm³/mol. The zero-order valence-corrected chi connectivity index (χ0v) is 18.8. The van der Waals surface area contributed by atoms with E-state index in [-0.39, 0.29) is 12.5 Å². The van der Waals surface area contributed by atoms with Gasteiger partial charge >= 0.3 is 0 Å². The first-order valence-corrected chi connectivity index (χ1v) is 11.3. The lowest BCUT2D eigenvalue weighted by Crippen LogP contribution is -2.51. The molecule has 32 heavy (non-hydrogen) atoms. The van der Waals surface area contributed by atoms with Crippen molar-refractivity contribution in [2.75, 3.05) is 44.7 Å². The molecule has 0 aliphatic carbocycles. The largest absolute Gasteiger partial charge is 0.494 e. The highest BCUT2D eigenvalue weighted by Gasteiger charge is 2.37. The molecule has 0 bridgehead atoms. The fourth-order valence-electron chi connectivity index (χ4n) is 4.01. The van der Waals surface area contributed by atoms with E-state index in [1.165, 1.54) is 11.3 Å². The first kappa shape index (κ1) is 20.7. The average Bonchev–Trinajstić information content (AvgIpc) is 3.37.